The second kappa shape index (κ2) is 5.77. The number of rotatable bonds is 4. The van der Waals surface area contributed by atoms with Gasteiger partial charge in [0, 0.05) is 0 Å². The molecule has 0 bridgehead atoms. The van der Waals surface area contributed by atoms with Gasteiger partial charge in [0.1, 0.15) is 5.75 Å². The minimum Gasteiger partial charge on any atom is -0.508 e. The zero-order valence-corrected chi connectivity index (χ0v) is 12.8. The summed E-state index contributed by atoms with van der Waals surface area (Å²) >= 11 is 0. The summed E-state index contributed by atoms with van der Waals surface area (Å²) in [6.45, 7) is 13.2. The molecule has 1 heteroatoms. The number of phenolic OH excluding ortho intramolecular Hbond substituents is 1. The highest BCUT2D eigenvalue weighted by Crippen LogP contribution is 2.35. The van der Waals surface area contributed by atoms with Crippen LogP contribution in [0.1, 0.15) is 77.0 Å². The Morgan fingerprint density at radius 2 is 1.78 bits per heavy atom. The molecule has 1 nitrogen and oxygen atoms in total. The molecule has 0 spiro atoms. The molecule has 0 aliphatic carbocycles. The molecule has 102 valence electrons. The smallest absolute Gasteiger partial charge is 0.119 e. The van der Waals surface area contributed by atoms with Gasteiger partial charge in [-0.15, -0.1) is 0 Å². The first-order valence-corrected chi connectivity index (χ1v) is 7.13. The molecule has 1 N–H and O–H groups in total. The largest absolute Gasteiger partial charge is 0.508 e. The van der Waals surface area contributed by atoms with E-state index in [-0.39, 0.29) is 5.41 Å². The van der Waals surface area contributed by atoms with Gasteiger partial charge < -0.3 is 5.11 Å². The molecule has 0 radical (unpaired) electrons. The fourth-order valence-electron chi connectivity index (χ4n) is 2.38. The van der Waals surface area contributed by atoms with Crippen molar-refractivity contribution in [2.24, 2.45) is 0 Å². The lowest BCUT2D eigenvalue weighted by atomic mass is 9.80. The van der Waals surface area contributed by atoms with Crippen molar-refractivity contribution in [1.29, 1.82) is 0 Å². The topological polar surface area (TPSA) is 20.2 Å². The standard InChI is InChI=1S/C17H28O/c1-7-8-9-13-10-16(18)14(12(2)3)11-15(13)17(4,5)6/h10-12,18H,7-9H2,1-6H3. The molecular weight excluding hydrogens is 220 g/mol. The second-order valence-electron chi connectivity index (χ2n) is 6.58. The lowest BCUT2D eigenvalue weighted by Gasteiger charge is -2.25. The molecule has 0 fully saturated rings. The number of unbranched alkanes of at least 4 members (excludes halogenated alkanes) is 1. The van der Waals surface area contributed by atoms with Gasteiger partial charge in [0.05, 0.1) is 0 Å². The van der Waals surface area contributed by atoms with Crippen LogP contribution in [-0.2, 0) is 11.8 Å². The summed E-state index contributed by atoms with van der Waals surface area (Å²) in [7, 11) is 0. The van der Waals surface area contributed by atoms with Crippen LogP contribution >= 0.6 is 0 Å². The summed E-state index contributed by atoms with van der Waals surface area (Å²) in [5, 5.41) is 10.2. The number of phenols is 1. The summed E-state index contributed by atoms with van der Waals surface area (Å²) in [6.07, 6.45) is 3.44. The van der Waals surface area contributed by atoms with Crippen molar-refractivity contribution in [2.75, 3.05) is 0 Å². The second-order valence-corrected chi connectivity index (χ2v) is 6.58. The van der Waals surface area contributed by atoms with Crippen LogP contribution in [0.3, 0.4) is 0 Å². The van der Waals surface area contributed by atoms with Gasteiger partial charge in [-0.2, -0.15) is 0 Å². The third-order valence-electron chi connectivity index (χ3n) is 3.48. The highest BCUT2D eigenvalue weighted by Gasteiger charge is 2.20. The normalized spacial score (nSPS) is 12.2. The Morgan fingerprint density at radius 3 is 2.22 bits per heavy atom. The fraction of sp³-hybridized carbons (Fsp3) is 0.647. The van der Waals surface area contributed by atoms with Crippen LogP contribution in [0.2, 0.25) is 0 Å². The summed E-state index contributed by atoms with van der Waals surface area (Å²) < 4.78 is 0. The summed E-state index contributed by atoms with van der Waals surface area (Å²) in [6, 6.07) is 4.20. The third-order valence-corrected chi connectivity index (χ3v) is 3.48. The monoisotopic (exact) mass is 248 g/mol. The molecule has 1 aromatic rings. The molecule has 0 saturated heterocycles. The Bertz CT molecular complexity index is 397. The van der Waals surface area contributed by atoms with E-state index in [2.05, 4.69) is 47.6 Å². The van der Waals surface area contributed by atoms with Crippen LogP contribution in [0.25, 0.3) is 0 Å². The van der Waals surface area contributed by atoms with E-state index in [4.69, 9.17) is 0 Å². The van der Waals surface area contributed by atoms with Gasteiger partial charge in [-0.3, -0.25) is 0 Å². The maximum absolute atomic E-state index is 10.2. The lowest BCUT2D eigenvalue weighted by molar-refractivity contribution is 0.461. The van der Waals surface area contributed by atoms with E-state index < -0.39 is 0 Å². The zero-order valence-electron chi connectivity index (χ0n) is 12.8. The Balaban J connectivity index is 3.28. The van der Waals surface area contributed by atoms with Crippen LogP contribution in [0.4, 0.5) is 0 Å². The summed E-state index contributed by atoms with van der Waals surface area (Å²) in [4.78, 5) is 0. The molecule has 0 amide bonds. The van der Waals surface area contributed by atoms with Crippen molar-refractivity contribution >= 4 is 0 Å². The van der Waals surface area contributed by atoms with Gasteiger partial charge in [0.25, 0.3) is 0 Å². The van der Waals surface area contributed by atoms with Crippen molar-refractivity contribution in [3.8, 4) is 5.75 Å². The average molecular weight is 248 g/mol. The molecule has 0 unspecified atom stereocenters. The minimum atomic E-state index is 0.139. The quantitative estimate of drug-likeness (QED) is 0.780. The Hall–Kier alpha value is -0.980. The number of benzene rings is 1. The molecule has 1 aromatic carbocycles. The van der Waals surface area contributed by atoms with E-state index >= 15 is 0 Å². The first-order valence-electron chi connectivity index (χ1n) is 7.13. The first-order chi connectivity index (χ1) is 8.27. The van der Waals surface area contributed by atoms with Gasteiger partial charge >= 0.3 is 0 Å². The maximum Gasteiger partial charge on any atom is 0.119 e. The molecule has 0 heterocycles. The van der Waals surface area contributed by atoms with Crippen LogP contribution < -0.4 is 0 Å². The molecule has 18 heavy (non-hydrogen) atoms. The fourth-order valence-corrected chi connectivity index (χ4v) is 2.38. The van der Waals surface area contributed by atoms with E-state index in [1.807, 2.05) is 6.07 Å². The van der Waals surface area contributed by atoms with Gasteiger partial charge in [-0.25, -0.2) is 0 Å². The van der Waals surface area contributed by atoms with Gasteiger partial charge in [-0.05, 0) is 46.9 Å². The van der Waals surface area contributed by atoms with Gasteiger partial charge in [-0.1, -0.05) is 54.0 Å². The van der Waals surface area contributed by atoms with Gasteiger partial charge in [0.15, 0.2) is 0 Å². The van der Waals surface area contributed by atoms with Crippen molar-refractivity contribution in [1.82, 2.24) is 0 Å². The lowest BCUT2D eigenvalue weighted by Crippen LogP contribution is -2.15. The van der Waals surface area contributed by atoms with Crippen molar-refractivity contribution in [3.63, 3.8) is 0 Å². The van der Waals surface area contributed by atoms with Crippen molar-refractivity contribution in [3.05, 3.63) is 28.8 Å². The Morgan fingerprint density at radius 1 is 1.17 bits per heavy atom. The predicted octanol–water partition coefficient (Wildman–Crippen LogP) is 5.16. The van der Waals surface area contributed by atoms with E-state index in [9.17, 15) is 5.11 Å². The van der Waals surface area contributed by atoms with E-state index in [0.29, 0.717) is 11.7 Å². The molecule has 0 atom stereocenters. The predicted molar refractivity (Wildman–Crippen MR) is 79.5 cm³/mol. The zero-order chi connectivity index (χ0) is 13.9. The number of aromatic hydroxyl groups is 1. The van der Waals surface area contributed by atoms with Crippen molar-refractivity contribution in [2.45, 2.75) is 72.1 Å². The number of hydrogen-bond acceptors (Lipinski definition) is 1. The SMILES string of the molecule is CCCCc1cc(O)c(C(C)C)cc1C(C)(C)C. The molecule has 0 aliphatic heterocycles. The van der Waals surface area contributed by atoms with Crippen LogP contribution in [-0.4, -0.2) is 5.11 Å². The Kier molecular flexibility index (Phi) is 4.84. The first kappa shape index (κ1) is 15.1. The van der Waals surface area contributed by atoms with Crippen LogP contribution in [0.15, 0.2) is 12.1 Å². The number of hydrogen-bond donors (Lipinski definition) is 1. The molecule has 0 saturated carbocycles. The molecule has 0 aromatic heterocycles. The summed E-state index contributed by atoms with van der Waals surface area (Å²) in [5.74, 6) is 0.829. The highest BCUT2D eigenvalue weighted by molar-refractivity contribution is 5.46. The number of aryl methyl sites for hydroxylation is 1. The molecule has 1 rings (SSSR count). The van der Waals surface area contributed by atoms with E-state index in [1.54, 1.807) is 0 Å². The third kappa shape index (κ3) is 3.51. The maximum atomic E-state index is 10.2. The average Bonchev–Trinajstić information content (AvgIpc) is 2.23. The summed E-state index contributed by atoms with van der Waals surface area (Å²) in [5.41, 5.74) is 3.91. The molecule has 0 aliphatic rings. The van der Waals surface area contributed by atoms with Crippen LogP contribution in [0, 0.1) is 0 Å². The van der Waals surface area contributed by atoms with Crippen molar-refractivity contribution < 1.29 is 5.11 Å². The van der Waals surface area contributed by atoms with E-state index in [1.165, 1.54) is 24.0 Å². The van der Waals surface area contributed by atoms with E-state index in [0.717, 1.165) is 12.0 Å². The Labute approximate surface area is 112 Å². The van der Waals surface area contributed by atoms with Crippen LogP contribution in [0.5, 0.6) is 5.75 Å². The highest BCUT2D eigenvalue weighted by atomic mass is 16.3. The molecular formula is C17H28O. The minimum absolute atomic E-state index is 0.139. The van der Waals surface area contributed by atoms with Gasteiger partial charge in [0.2, 0.25) is 0 Å².